The first kappa shape index (κ1) is 13.0. The van der Waals surface area contributed by atoms with E-state index < -0.39 is 0 Å². The fourth-order valence-corrected chi connectivity index (χ4v) is 1.47. The van der Waals surface area contributed by atoms with E-state index in [0.717, 1.165) is 11.3 Å². The third kappa shape index (κ3) is 3.79. The predicted molar refractivity (Wildman–Crippen MR) is 68.8 cm³/mol. The van der Waals surface area contributed by atoms with Gasteiger partial charge in [-0.3, -0.25) is 4.79 Å². The second-order valence-electron chi connectivity index (χ2n) is 3.56. The van der Waals surface area contributed by atoms with Gasteiger partial charge in [-0.2, -0.15) is 0 Å². The summed E-state index contributed by atoms with van der Waals surface area (Å²) in [6, 6.07) is 7.62. The topological polar surface area (TPSA) is 29.5 Å². The molecule has 0 heterocycles. The van der Waals surface area contributed by atoms with Gasteiger partial charge in [-0.15, -0.1) is 6.58 Å². The summed E-state index contributed by atoms with van der Waals surface area (Å²) in [5.41, 5.74) is 1.04. The lowest BCUT2D eigenvalue weighted by Gasteiger charge is -2.19. The smallest absolute Gasteiger partial charge is 0.246 e. The van der Waals surface area contributed by atoms with Crippen LogP contribution in [0.3, 0.4) is 0 Å². The summed E-state index contributed by atoms with van der Waals surface area (Å²) in [7, 11) is 1.63. The summed E-state index contributed by atoms with van der Waals surface area (Å²) in [5.74, 6) is 0.708. The van der Waals surface area contributed by atoms with Gasteiger partial charge in [0.05, 0.1) is 7.11 Å². The van der Waals surface area contributed by atoms with Crippen molar-refractivity contribution in [2.45, 2.75) is 6.54 Å². The number of ether oxygens (including phenoxy) is 1. The highest BCUT2D eigenvalue weighted by Crippen LogP contribution is 2.13. The van der Waals surface area contributed by atoms with E-state index in [1.165, 1.54) is 6.08 Å². The Bertz CT molecular complexity index is 395. The van der Waals surface area contributed by atoms with Gasteiger partial charge in [0.2, 0.25) is 5.91 Å². The van der Waals surface area contributed by atoms with Crippen molar-refractivity contribution in [2.24, 2.45) is 0 Å². The number of carbonyl (C=O) groups excluding carboxylic acids is 1. The van der Waals surface area contributed by atoms with E-state index in [-0.39, 0.29) is 5.91 Å². The van der Waals surface area contributed by atoms with Crippen molar-refractivity contribution in [2.75, 3.05) is 13.7 Å². The molecule has 0 saturated carbocycles. The summed E-state index contributed by atoms with van der Waals surface area (Å²) in [5, 5.41) is 0. The Kier molecular flexibility index (Phi) is 5.01. The van der Waals surface area contributed by atoms with Crippen LogP contribution >= 0.6 is 0 Å². The van der Waals surface area contributed by atoms with Gasteiger partial charge in [-0.25, -0.2) is 0 Å². The SMILES string of the molecule is C=CCN(Cc1ccc(OC)cc1)C(=O)C=C. The van der Waals surface area contributed by atoms with Crippen molar-refractivity contribution in [3.05, 3.63) is 55.1 Å². The van der Waals surface area contributed by atoms with Gasteiger partial charge in [0.1, 0.15) is 5.75 Å². The maximum absolute atomic E-state index is 11.6. The van der Waals surface area contributed by atoms with E-state index in [1.807, 2.05) is 24.3 Å². The average molecular weight is 231 g/mol. The van der Waals surface area contributed by atoms with Crippen LogP contribution in [0.1, 0.15) is 5.56 Å². The molecule has 3 nitrogen and oxygen atoms in total. The zero-order valence-electron chi connectivity index (χ0n) is 10.1. The maximum atomic E-state index is 11.6. The summed E-state index contributed by atoms with van der Waals surface area (Å²) < 4.78 is 5.08. The van der Waals surface area contributed by atoms with Crippen molar-refractivity contribution in [3.8, 4) is 5.75 Å². The summed E-state index contributed by atoms with van der Waals surface area (Å²) in [6.45, 7) is 8.18. The van der Waals surface area contributed by atoms with Gasteiger partial charge >= 0.3 is 0 Å². The minimum absolute atomic E-state index is 0.0966. The second-order valence-corrected chi connectivity index (χ2v) is 3.56. The minimum atomic E-state index is -0.0966. The zero-order chi connectivity index (χ0) is 12.7. The van der Waals surface area contributed by atoms with Crippen LogP contribution < -0.4 is 4.74 Å². The van der Waals surface area contributed by atoms with E-state index in [0.29, 0.717) is 13.1 Å². The van der Waals surface area contributed by atoms with Crippen LogP contribution in [0.25, 0.3) is 0 Å². The van der Waals surface area contributed by atoms with Crippen LogP contribution in [0.5, 0.6) is 5.75 Å². The molecule has 1 rings (SSSR count). The largest absolute Gasteiger partial charge is 0.497 e. The molecule has 1 amide bonds. The summed E-state index contributed by atoms with van der Waals surface area (Å²) >= 11 is 0. The van der Waals surface area contributed by atoms with Gasteiger partial charge in [-0.1, -0.05) is 24.8 Å². The molecule has 0 fully saturated rings. The molecule has 1 aromatic carbocycles. The van der Waals surface area contributed by atoms with Crippen LogP contribution in [-0.4, -0.2) is 24.5 Å². The number of nitrogens with zero attached hydrogens (tertiary/aromatic N) is 1. The van der Waals surface area contributed by atoms with Crippen molar-refractivity contribution in [1.82, 2.24) is 4.90 Å². The molecule has 0 spiro atoms. The molecular formula is C14H17NO2. The molecule has 0 aromatic heterocycles. The lowest BCUT2D eigenvalue weighted by molar-refractivity contribution is -0.126. The Morgan fingerprint density at radius 3 is 2.47 bits per heavy atom. The molecule has 0 aliphatic carbocycles. The normalized spacial score (nSPS) is 9.47. The fourth-order valence-electron chi connectivity index (χ4n) is 1.47. The Balaban J connectivity index is 2.74. The Labute approximate surface area is 102 Å². The first-order valence-corrected chi connectivity index (χ1v) is 5.36. The van der Waals surface area contributed by atoms with Crippen molar-refractivity contribution in [1.29, 1.82) is 0 Å². The van der Waals surface area contributed by atoms with Crippen LogP contribution in [0.4, 0.5) is 0 Å². The third-order valence-corrected chi connectivity index (χ3v) is 2.37. The fraction of sp³-hybridized carbons (Fsp3) is 0.214. The molecule has 0 unspecified atom stereocenters. The maximum Gasteiger partial charge on any atom is 0.246 e. The standard InChI is InChI=1S/C14H17NO2/c1-4-10-15(14(16)5-2)11-12-6-8-13(17-3)9-7-12/h4-9H,1-2,10-11H2,3H3. The Hall–Kier alpha value is -2.03. The van der Waals surface area contributed by atoms with Crippen LogP contribution in [-0.2, 0) is 11.3 Å². The molecule has 0 N–H and O–H groups in total. The number of amides is 1. The van der Waals surface area contributed by atoms with Crippen LogP contribution in [0.2, 0.25) is 0 Å². The molecule has 0 radical (unpaired) electrons. The zero-order valence-corrected chi connectivity index (χ0v) is 10.1. The molecule has 0 atom stereocenters. The number of hydrogen-bond acceptors (Lipinski definition) is 2. The van der Waals surface area contributed by atoms with E-state index in [1.54, 1.807) is 18.1 Å². The van der Waals surface area contributed by atoms with E-state index >= 15 is 0 Å². The molecule has 0 aliphatic heterocycles. The molecule has 0 aliphatic rings. The van der Waals surface area contributed by atoms with E-state index in [9.17, 15) is 4.79 Å². The molecule has 0 bridgehead atoms. The lowest BCUT2D eigenvalue weighted by Crippen LogP contribution is -2.28. The monoisotopic (exact) mass is 231 g/mol. The molecular weight excluding hydrogens is 214 g/mol. The van der Waals surface area contributed by atoms with Crippen LogP contribution in [0, 0.1) is 0 Å². The van der Waals surface area contributed by atoms with Crippen molar-refractivity contribution >= 4 is 5.91 Å². The van der Waals surface area contributed by atoms with Crippen LogP contribution in [0.15, 0.2) is 49.6 Å². The summed E-state index contributed by atoms with van der Waals surface area (Å²) in [4.78, 5) is 13.2. The minimum Gasteiger partial charge on any atom is -0.497 e. The lowest BCUT2D eigenvalue weighted by atomic mass is 10.2. The molecule has 1 aromatic rings. The number of rotatable bonds is 6. The Morgan fingerprint density at radius 1 is 1.35 bits per heavy atom. The second kappa shape index (κ2) is 6.53. The number of methoxy groups -OCH3 is 1. The highest BCUT2D eigenvalue weighted by atomic mass is 16.5. The van der Waals surface area contributed by atoms with Gasteiger partial charge in [0, 0.05) is 13.1 Å². The number of benzene rings is 1. The third-order valence-electron chi connectivity index (χ3n) is 2.37. The van der Waals surface area contributed by atoms with Crippen molar-refractivity contribution in [3.63, 3.8) is 0 Å². The van der Waals surface area contributed by atoms with Crippen molar-refractivity contribution < 1.29 is 9.53 Å². The first-order valence-electron chi connectivity index (χ1n) is 5.36. The highest BCUT2D eigenvalue weighted by Gasteiger charge is 2.08. The molecule has 3 heteroatoms. The average Bonchev–Trinajstić information content (AvgIpc) is 2.38. The van der Waals surface area contributed by atoms with Gasteiger partial charge in [0.15, 0.2) is 0 Å². The van der Waals surface area contributed by atoms with Gasteiger partial charge < -0.3 is 9.64 Å². The molecule has 17 heavy (non-hydrogen) atoms. The molecule has 90 valence electrons. The predicted octanol–water partition coefficient (Wildman–Crippen LogP) is 2.40. The quantitative estimate of drug-likeness (QED) is 0.555. The highest BCUT2D eigenvalue weighted by molar-refractivity contribution is 5.87. The van der Waals surface area contributed by atoms with Gasteiger partial charge in [0.25, 0.3) is 0 Å². The summed E-state index contributed by atoms with van der Waals surface area (Å²) in [6.07, 6.45) is 3.01. The first-order chi connectivity index (χ1) is 8.21. The van der Waals surface area contributed by atoms with Gasteiger partial charge in [-0.05, 0) is 23.8 Å². The van der Waals surface area contributed by atoms with E-state index in [2.05, 4.69) is 13.2 Å². The number of carbonyl (C=O) groups is 1. The van der Waals surface area contributed by atoms with E-state index in [4.69, 9.17) is 4.74 Å². The molecule has 0 saturated heterocycles. The Morgan fingerprint density at radius 2 is 2.00 bits per heavy atom. The number of hydrogen-bond donors (Lipinski definition) is 0.